The Bertz CT molecular complexity index is 749. The molecule has 1 unspecified atom stereocenters. The quantitative estimate of drug-likeness (QED) is 0.743. The zero-order valence-electron chi connectivity index (χ0n) is 14.9. The molecule has 0 saturated carbocycles. The number of hydrogen-bond acceptors (Lipinski definition) is 5. The fraction of sp³-hybridized carbons (Fsp3) is 0.263. The van der Waals surface area contributed by atoms with Gasteiger partial charge in [0.05, 0.1) is 21.3 Å². The van der Waals surface area contributed by atoms with Crippen molar-refractivity contribution in [3.05, 3.63) is 54.1 Å². The number of urea groups is 1. The zero-order valence-corrected chi connectivity index (χ0v) is 14.9. The molecule has 2 aromatic rings. The van der Waals surface area contributed by atoms with Crippen molar-refractivity contribution >= 4 is 17.7 Å². The van der Waals surface area contributed by atoms with E-state index in [1.54, 1.807) is 18.2 Å². The molecule has 0 aromatic heterocycles. The smallest absolute Gasteiger partial charge is 0.328 e. The number of methoxy groups -OCH3 is 3. The number of carbonyl (C=O) groups is 2. The van der Waals surface area contributed by atoms with Crippen molar-refractivity contribution < 1.29 is 23.8 Å². The summed E-state index contributed by atoms with van der Waals surface area (Å²) in [5.41, 5.74) is 1.41. The van der Waals surface area contributed by atoms with Gasteiger partial charge in [-0.15, -0.1) is 0 Å². The van der Waals surface area contributed by atoms with Crippen molar-refractivity contribution in [1.82, 2.24) is 5.32 Å². The summed E-state index contributed by atoms with van der Waals surface area (Å²) in [5, 5.41) is 5.30. The predicted molar refractivity (Wildman–Crippen MR) is 97.7 cm³/mol. The average Bonchev–Trinajstić information content (AvgIpc) is 2.67. The number of carbonyl (C=O) groups excluding carboxylic acids is 2. The number of nitrogens with one attached hydrogen (secondary N) is 2. The maximum absolute atomic E-state index is 12.3. The van der Waals surface area contributed by atoms with Crippen molar-refractivity contribution in [3.63, 3.8) is 0 Å². The molecule has 0 bridgehead atoms. The first-order valence-corrected chi connectivity index (χ1v) is 7.98. The van der Waals surface area contributed by atoms with Gasteiger partial charge < -0.3 is 24.8 Å². The third-order valence-corrected chi connectivity index (χ3v) is 3.72. The summed E-state index contributed by atoms with van der Waals surface area (Å²) in [6, 6.07) is 13.0. The lowest BCUT2D eigenvalue weighted by Gasteiger charge is -2.17. The molecule has 2 aromatic carbocycles. The number of rotatable bonds is 7. The lowest BCUT2D eigenvalue weighted by atomic mass is 10.1. The fourth-order valence-electron chi connectivity index (χ4n) is 2.42. The van der Waals surface area contributed by atoms with Gasteiger partial charge in [-0.3, -0.25) is 0 Å². The van der Waals surface area contributed by atoms with Crippen LogP contribution < -0.4 is 20.1 Å². The summed E-state index contributed by atoms with van der Waals surface area (Å²) in [6.45, 7) is 0. The second kappa shape index (κ2) is 9.31. The van der Waals surface area contributed by atoms with E-state index >= 15 is 0 Å². The summed E-state index contributed by atoms with van der Waals surface area (Å²) < 4.78 is 15.1. The fourth-order valence-corrected chi connectivity index (χ4v) is 2.42. The van der Waals surface area contributed by atoms with Gasteiger partial charge in [-0.05, 0) is 17.7 Å². The number of anilines is 1. The van der Waals surface area contributed by atoms with Crippen molar-refractivity contribution in [1.29, 1.82) is 0 Å². The molecule has 7 nitrogen and oxygen atoms in total. The summed E-state index contributed by atoms with van der Waals surface area (Å²) in [6.07, 6.45) is 0.326. The van der Waals surface area contributed by atoms with E-state index in [-0.39, 0.29) is 0 Å². The third-order valence-electron chi connectivity index (χ3n) is 3.72. The highest BCUT2D eigenvalue weighted by Gasteiger charge is 2.22. The van der Waals surface area contributed by atoms with Gasteiger partial charge >= 0.3 is 12.0 Å². The molecule has 0 spiro atoms. The summed E-state index contributed by atoms with van der Waals surface area (Å²) >= 11 is 0. The highest BCUT2D eigenvalue weighted by Crippen LogP contribution is 2.29. The minimum atomic E-state index is -0.803. The first-order valence-electron chi connectivity index (χ1n) is 7.98. The van der Waals surface area contributed by atoms with E-state index in [9.17, 15) is 9.59 Å². The number of esters is 1. The lowest BCUT2D eigenvalue weighted by Crippen LogP contribution is -2.45. The standard InChI is InChI=1S/C19H22N2O5/c1-24-16-10-9-14(12-17(16)25-2)20-19(23)21-15(18(22)26-3)11-13-7-5-4-6-8-13/h4-10,12,15H,11H2,1-3H3,(H2,20,21,23). The maximum Gasteiger partial charge on any atom is 0.328 e. The van der Waals surface area contributed by atoms with Crippen LogP contribution in [0.5, 0.6) is 11.5 Å². The van der Waals surface area contributed by atoms with E-state index in [0.29, 0.717) is 23.6 Å². The van der Waals surface area contributed by atoms with Gasteiger partial charge in [0, 0.05) is 18.2 Å². The molecule has 0 radical (unpaired) electrons. The van der Waals surface area contributed by atoms with Crippen LogP contribution in [-0.2, 0) is 16.0 Å². The predicted octanol–water partition coefficient (Wildman–Crippen LogP) is 2.61. The van der Waals surface area contributed by atoms with Crippen LogP contribution in [0.1, 0.15) is 5.56 Å². The highest BCUT2D eigenvalue weighted by molar-refractivity contribution is 5.93. The molecule has 2 amide bonds. The van der Waals surface area contributed by atoms with Crippen LogP contribution in [0.3, 0.4) is 0 Å². The van der Waals surface area contributed by atoms with E-state index in [1.165, 1.54) is 21.3 Å². The Kier molecular flexibility index (Phi) is 6.84. The van der Waals surface area contributed by atoms with Gasteiger partial charge in [0.15, 0.2) is 11.5 Å². The molecule has 1 atom stereocenters. The van der Waals surface area contributed by atoms with Crippen LogP contribution in [0.15, 0.2) is 48.5 Å². The SMILES string of the molecule is COC(=O)C(Cc1ccccc1)NC(=O)Nc1ccc(OC)c(OC)c1. The van der Waals surface area contributed by atoms with E-state index < -0.39 is 18.0 Å². The molecule has 26 heavy (non-hydrogen) atoms. The first-order chi connectivity index (χ1) is 12.6. The van der Waals surface area contributed by atoms with Gasteiger partial charge in [0.1, 0.15) is 6.04 Å². The Morgan fingerprint density at radius 1 is 0.962 bits per heavy atom. The Balaban J connectivity index is 2.06. The van der Waals surface area contributed by atoms with Gasteiger partial charge in [0.25, 0.3) is 0 Å². The molecule has 138 valence electrons. The summed E-state index contributed by atoms with van der Waals surface area (Å²) in [4.78, 5) is 24.3. The van der Waals surface area contributed by atoms with E-state index in [2.05, 4.69) is 10.6 Å². The van der Waals surface area contributed by atoms with Crippen LogP contribution in [0.4, 0.5) is 10.5 Å². The van der Waals surface area contributed by atoms with Crippen LogP contribution in [0.25, 0.3) is 0 Å². The van der Waals surface area contributed by atoms with Crippen molar-refractivity contribution in [2.45, 2.75) is 12.5 Å². The monoisotopic (exact) mass is 358 g/mol. The Morgan fingerprint density at radius 3 is 2.27 bits per heavy atom. The van der Waals surface area contributed by atoms with E-state index in [1.807, 2.05) is 30.3 Å². The second-order valence-corrected chi connectivity index (χ2v) is 5.43. The Morgan fingerprint density at radius 2 is 1.65 bits per heavy atom. The van der Waals surface area contributed by atoms with Crippen LogP contribution in [0, 0.1) is 0 Å². The number of benzene rings is 2. The molecule has 0 heterocycles. The van der Waals surface area contributed by atoms with Gasteiger partial charge in [0.2, 0.25) is 0 Å². The average molecular weight is 358 g/mol. The normalized spacial score (nSPS) is 11.2. The van der Waals surface area contributed by atoms with E-state index in [0.717, 1.165) is 5.56 Å². The van der Waals surface area contributed by atoms with Gasteiger partial charge in [-0.25, -0.2) is 9.59 Å². The molecule has 0 aliphatic heterocycles. The van der Waals surface area contributed by atoms with Crippen molar-refractivity contribution in [3.8, 4) is 11.5 Å². The summed E-state index contributed by atoms with van der Waals surface area (Å²) in [5.74, 6) is 0.519. The molecule has 0 fully saturated rings. The number of amides is 2. The Labute approximate surface area is 152 Å². The third kappa shape index (κ3) is 5.14. The molecule has 0 aliphatic carbocycles. The largest absolute Gasteiger partial charge is 0.493 e. The molecule has 2 N–H and O–H groups in total. The van der Waals surface area contributed by atoms with Crippen LogP contribution in [0.2, 0.25) is 0 Å². The summed E-state index contributed by atoms with van der Waals surface area (Å²) in [7, 11) is 4.32. The maximum atomic E-state index is 12.3. The Hall–Kier alpha value is -3.22. The van der Waals surface area contributed by atoms with Crippen LogP contribution in [-0.4, -0.2) is 39.4 Å². The zero-order chi connectivity index (χ0) is 18.9. The van der Waals surface area contributed by atoms with Gasteiger partial charge in [-0.2, -0.15) is 0 Å². The van der Waals surface area contributed by atoms with Crippen molar-refractivity contribution in [2.75, 3.05) is 26.6 Å². The molecule has 0 aliphatic rings. The van der Waals surface area contributed by atoms with Crippen molar-refractivity contribution in [2.24, 2.45) is 0 Å². The lowest BCUT2D eigenvalue weighted by molar-refractivity contribution is -0.142. The van der Waals surface area contributed by atoms with E-state index in [4.69, 9.17) is 14.2 Å². The topological polar surface area (TPSA) is 85.9 Å². The minimum Gasteiger partial charge on any atom is -0.493 e. The molecular formula is C19H22N2O5. The van der Waals surface area contributed by atoms with Gasteiger partial charge in [-0.1, -0.05) is 30.3 Å². The molecule has 0 saturated heterocycles. The highest BCUT2D eigenvalue weighted by atomic mass is 16.5. The molecular weight excluding hydrogens is 336 g/mol. The number of hydrogen-bond donors (Lipinski definition) is 2. The van der Waals surface area contributed by atoms with Crippen LogP contribution >= 0.6 is 0 Å². The second-order valence-electron chi connectivity index (χ2n) is 5.43. The molecule has 7 heteroatoms. The molecule has 2 rings (SSSR count). The minimum absolute atomic E-state index is 0.326. The first kappa shape index (κ1) is 19.1. The number of ether oxygens (including phenoxy) is 3.